The van der Waals surface area contributed by atoms with Gasteiger partial charge in [0.05, 0.1) is 6.42 Å². The average molecular weight is 408 g/mol. The van der Waals surface area contributed by atoms with Crippen molar-refractivity contribution in [3.8, 4) is 5.75 Å². The van der Waals surface area contributed by atoms with Gasteiger partial charge in [-0.1, -0.05) is 11.8 Å². The third-order valence-electron chi connectivity index (χ3n) is 3.48. The van der Waals surface area contributed by atoms with Crippen molar-refractivity contribution in [1.82, 2.24) is 24.6 Å². The Balaban J connectivity index is 1.89. The number of thioether (sulfide) groups is 1. The number of ether oxygens (including phenoxy) is 1. The molecule has 0 fully saturated rings. The van der Waals surface area contributed by atoms with E-state index in [1.54, 1.807) is 22.8 Å². The summed E-state index contributed by atoms with van der Waals surface area (Å²) in [4.78, 5) is 25.1. The minimum absolute atomic E-state index is 0.0937. The molecule has 0 aromatic carbocycles. The Bertz CT molecular complexity index is 928. The molecule has 3 aromatic heterocycles. The van der Waals surface area contributed by atoms with E-state index in [9.17, 15) is 4.79 Å². The summed E-state index contributed by atoms with van der Waals surface area (Å²) in [5.74, 6) is 0.528. The number of pyridine rings is 1. The van der Waals surface area contributed by atoms with Gasteiger partial charge < -0.3 is 4.74 Å². The highest BCUT2D eigenvalue weighted by atomic mass is 79.9. The molecule has 0 aliphatic carbocycles. The Kier molecular flexibility index (Phi) is 4.81. The van der Waals surface area contributed by atoms with Crippen molar-refractivity contribution >= 4 is 39.4 Å². The van der Waals surface area contributed by atoms with Gasteiger partial charge >= 0.3 is 5.97 Å². The van der Waals surface area contributed by atoms with Crippen molar-refractivity contribution in [3.05, 3.63) is 39.9 Å². The number of nitrogens with zero attached hydrogens (tertiary/aromatic N) is 5. The minimum atomic E-state index is -0.388. The fourth-order valence-corrected chi connectivity index (χ4v) is 2.95. The first-order chi connectivity index (χ1) is 11.5. The van der Waals surface area contributed by atoms with Gasteiger partial charge in [0, 0.05) is 23.1 Å². The van der Waals surface area contributed by atoms with Crippen molar-refractivity contribution in [3.63, 3.8) is 0 Å². The van der Waals surface area contributed by atoms with Crippen LogP contribution in [0.2, 0.25) is 0 Å². The van der Waals surface area contributed by atoms with Crippen LogP contribution in [0, 0.1) is 13.8 Å². The van der Waals surface area contributed by atoms with Crippen LogP contribution in [0.3, 0.4) is 0 Å². The maximum Gasteiger partial charge on any atom is 0.315 e. The lowest BCUT2D eigenvalue weighted by molar-refractivity contribution is -0.133. The van der Waals surface area contributed by atoms with Gasteiger partial charge in [-0.15, -0.1) is 5.10 Å². The molecule has 9 heteroatoms. The number of carbonyl (C=O) groups excluding carboxylic acids is 1. The predicted octanol–water partition coefficient (Wildman–Crippen LogP) is 2.77. The van der Waals surface area contributed by atoms with Crippen molar-refractivity contribution in [2.75, 3.05) is 6.26 Å². The van der Waals surface area contributed by atoms with E-state index in [1.807, 2.05) is 20.1 Å². The molecule has 0 radical (unpaired) electrons. The fraction of sp³-hybridized carbons (Fsp3) is 0.267. The van der Waals surface area contributed by atoms with Crippen LogP contribution in [0.25, 0.3) is 5.78 Å². The predicted molar refractivity (Wildman–Crippen MR) is 93.3 cm³/mol. The van der Waals surface area contributed by atoms with E-state index in [0.717, 1.165) is 17.0 Å². The first kappa shape index (κ1) is 16.8. The van der Waals surface area contributed by atoms with Gasteiger partial charge in [-0.25, -0.2) is 14.5 Å². The van der Waals surface area contributed by atoms with Crippen LogP contribution in [0.4, 0.5) is 0 Å². The fourth-order valence-electron chi connectivity index (χ4n) is 2.28. The average Bonchev–Trinajstić information content (AvgIpc) is 2.97. The monoisotopic (exact) mass is 407 g/mol. The molecule has 7 nitrogen and oxygen atoms in total. The van der Waals surface area contributed by atoms with Gasteiger partial charge in [0.25, 0.3) is 5.78 Å². The number of hydrogen-bond donors (Lipinski definition) is 0. The number of carbonyl (C=O) groups is 1. The number of rotatable bonds is 4. The highest BCUT2D eigenvalue weighted by Crippen LogP contribution is 2.22. The van der Waals surface area contributed by atoms with Gasteiger partial charge in [-0.05, 0) is 48.2 Å². The van der Waals surface area contributed by atoms with Crippen LogP contribution < -0.4 is 4.74 Å². The molecular formula is C15H14BrN5O2S. The summed E-state index contributed by atoms with van der Waals surface area (Å²) in [6.45, 7) is 3.74. The molecule has 3 aromatic rings. The van der Waals surface area contributed by atoms with E-state index in [-0.39, 0.29) is 12.4 Å². The van der Waals surface area contributed by atoms with E-state index in [1.165, 1.54) is 11.8 Å². The van der Waals surface area contributed by atoms with Gasteiger partial charge in [-0.2, -0.15) is 4.98 Å². The van der Waals surface area contributed by atoms with E-state index >= 15 is 0 Å². The molecule has 0 spiro atoms. The molecule has 0 aliphatic rings. The molecule has 3 rings (SSSR count). The summed E-state index contributed by atoms with van der Waals surface area (Å²) in [6, 6.07) is 3.38. The highest BCUT2D eigenvalue weighted by Gasteiger charge is 2.17. The summed E-state index contributed by atoms with van der Waals surface area (Å²) < 4.78 is 7.51. The minimum Gasteiger partial charge on any atom is -0.423 e. The molecular weight excluding hydrogens is 394 g/mol. The van der Waals surface area contributed by atoms with Crippen molar-refractivity contribution in [2.45, 2.75) is 25.4 Å². The number of hydrogen-bond acceptors (Lipinski definition) is 7. The Morgan fingerprint density at radius 2 is 2.17 bits per heavy atom. The summed E-state index contributed by atoms with van der Waals surface area (Å²) in [6.07, 6.45) is 3.61. The molecule has 0 unspecified atom stereocenters. The van der Waals surface area contributed by atoms with E-state index < -0.39 is 0 Å². The Labute approximate surface area is 151 Å². The second-order valence-corrected chi connectivity index (χ2v) is 6.54. The van der Waals surface area contributed by atoms with Crippen molar-refractivity contribution < 1.29 is 9.53 Å². The number of aromatic nitrogens is 5. The summed E-state index contributed by atoms with van der Waals surface area (Å²) in [5.41, 5.74) is 2.35. The zero-order chi connectivity index (χ0) is 17.3. The Morgan fingerprint density at radius 1 is 1.38 bits per heavy atom. The maximum atomic E-state index is 12.3. The first-order valence-electron chi connectivity index (χ1n) is 7.07. The van der Waals surface area contributed by atoms with Gasteiger partial charge in [0.15, 0.2) is 5.75 Å². The molecule has 0 bridgehead atoms. The zero-order valence-electron chi connectivity index (χ0n) is 13.3. The van der Waals surface area contributed by atoms with Crippen LogP contribution in [-0.4, -0.2) is 36.8 Å². The van der Waals surface area contributed by atoms with Gasteiger partial charge in [0.2, 0.25) is 5.16 Å². The highest BCUT2D eigenvalue weighted by molar-refractivity contribution is 9.10. The second kappa shape index (κ2) is 6.86. The Morgan fingerprint density at radius 3 is 2.88 bits per heavy atom. The molecule has 0 N–H and O–H groups in total. The van der Waals surface area contributed by atoms with E-state index in [2.05, 4.69) is 36.0 Å². The summed E-state index contributed by atoms with van der Waals surface area (Å²) in [5, 5.41) is 5.02. The number of fused-ring (bicyclic) bond motifs is 1. The Hall–Kier alpha value is -2.00. The number of esters is 1. The second-order valence-electron chi connectivity index (χ2n) is 5.01. The molecule has 0 saturated heterocycles. The number of halogens is 1. The molecule has 0 atom stereocenters. The van der Waals surface area contributed by atoms with Crippen LogP contribution >= 0.6 is 27.7 Å². The first-order valence-corrected chi connectivity index (χ1v) is 9.09. The summed E-state index contributed by atoms with van der Waals surface area (Å²) >= 11 is 4.70. The van der Waals surface area contributed by atoms with Gasteiger partial charge in [-0.3, -0.25) is 4.79 Å². The number of aryl methyl sites for hydroxylation is 2. The molecule has 0 saturated carbocycles. The molecule has 0 amide bonds. The maximum absolute atomic E-state index is 12.3. The lowest BCUT2D eigenvalue weighted by atomic mass is 10.1. The third-order valence-corrected chi connectivity index (χ3v) is 4.62. The molecule has 0 aliphatic heterocycles. The van der Waals surface area contributed by atoms with Crippen LogP contribution in [0.15, 0.2) is 28.1 Å². The van der Waals surface area contributed by atoms with Gasteiger partial charge in [0.1, 0.15) is 4.60 Å². The zero-order valence-corrected chi connectivity index (χ0v) is 15.7. The molecule has 3 heterocycles. The van der Waals surface area contributed by atoms with Crippen LogP contribution in [-0.2, 0) is 11.2 Å². The molecule has 124 valence electrons. The van der Waals surface area contributed by atoms with Crippen LogP contribution in [0.5, 0.6) is 5.75 Å². The SMILES string of the molecule is CSc1nc2nc(C)c(CC(=O)Oc3cccnc3Br)c(C)n2n1. The smallest absolute Gasteiger partial charge is 0.315 e. The standard InChI is InChI=1S/C15H14BrN5O2S/c1-8-10(7-12(22)23-11-5-4-6-17-13(11)16)9(2)21-14(18-8)19-15(20-21)24-3/h4-6H,7H2,1-3H3. The van der Waals surface area contributed by atoms with E-state index in [0.29, 0.717) is 21.3 Å². The lowest BCUT2D eigenvalue weighted by Gasteiger charge is -2.10. The van der Waals surface area contributed by atoms with Crippen molar-refractivity contribution in [1.29, 1.82) is 0 Å². The van der Waals surface area contributed by atoms with E-state index in [4.69, 9.17) is 4.74 Å². The third kappa shape index (κ3) is 3.27. The van der Waals surface area contributed by atoms with Crippen LogP contribution in [0.1, 0.15) is 17.0 Å². The normalized spacial score (nSPS) is 11.0. The topological polar surface area (TPSA) is 82.3 Å². The van der Waals surface area contributed by atoms with Crippen molar-refractivity contribution in [2.24, 2.45) is 0 Å². The summed E-state index contributed by atoms with van der Waals surface area (Å²) in [7, 11) is 0. The quantitative estimate of drug-likeness (QED) is 0.373. The largest absolute Gasteiger partial charge is 0.423 e. The molecule has 24 heavy (non-hydrogen) atoms. The lowest BCUT2D eigenvalue weighted by Crippen LogP contribution is -2.16.